The quantitative estimate of drug-likeness (QED) is 0.625. The van der Waals surface area contributed by atoms with Crippen LogP contribution >= 0.6 is 0 Å². The van der Waals surface area contributed by atoms with Gasteiger partial charge in [-0.1, -0.05) is 24.3 Å². The van der Waals surface area contributed by atoms with E-state index in [4.69, 9.17) is 14.2 Å². The molecule has 0 bridgehead atoms. The van der Waals surface area contributed by atoms with Crippen molar-refractivity contribution in [3.8, 4) is 11.5 Å². The Hall–Kier alpha value is -2.75. The van der Waals surface area contributed by atoms with E-state index in [2.05, 4.69) is 6.08 Å². The van der Waals surface area contributed by atoms with E-state index in [0.29, 0.717) is 25.4 Å². The average Bonchev–Trinajstić information content (AvgIpc) is 2.62. The summed E-state index contributed by atoms with van der Waals surface area (Å²) in [7, 11) is 0. The molecule has 1 aliphatic heterocycles. The minimum atomic E-state index is -0.295. The minimum absolute atomic E-state index is 0.295. The number of carbonyl (C=O) groups excluding carboxylic acids is 1. The Morgan fingerprint density at radius 1 is 1.04 bits per heavy atom. The molecular weight excluding hydrogens is 304 g/mol. The molecule has 0 saturated heterocycles. The van der Waals surface area contributed by atoms with Crippen LogP contribution in [0.15, 0.2) is 42.5 Å². The molecule has 4 heteroatoms. The second-order valence-electron chi connectivity index (χ2n) is 5.53. The zero-order valence-electron chi connectivity index (χ0n) is 13.9. The van der Waals surface area contributed by atoms with Crippen LogP contribution in [0.25, 0.3) is 11.6 Å². The Balaban J connectivity index is 1.79. The summed E-state index contributed by atoms with van der Waals surface area (Å²) in [6.07, 6.45) is 2.07. The van der Waals surface area contributed by atoms with Gasteiger partial charge in [-0.2, -0.15) is 0 Å². The molecule has 0 atom stereocenters. The zero-order valence-corrected chi connectivity index (χ0v) is 13.9. The van der Waals surface area contributed by atoms with Gasteiger partial charge in [0, 0.05) is 0 Å². The summed E-state index contributed by atoms with van der Waals surface area (Å²) in [6, 6.07) is 13.3. The van der Waals surface area contributed by atoms with Crippen LogP contribution in [0.3, 0.4) is 0 Å². The van der Waals surface area contributed by atoms with Crippen LogP contribution in [-0.4, -0.2) is 25.8 Å². The Morgan fingerprint density at radius 2 is 1.71 bits per heavy atom. The molecule has 0 radical (unpaired) electrons. The van der Waals surface area contributed by atoms with Crippen molar-refractivity contribution in [3.63, 3.8) is 0 Å². The normalized spacial score (nSPS) is 13.5. The lowest BCUT2D eigenvalue weighted by Crippen LogP contribution is -2.15. The standard InChI is InChI=1S/C20H20O4/c1-3-22-20(21)16-6-4-15(5-7-16)12-14(2)17-8-9-18-19(13-17)24-11-10-23-18/h4-9,12-13H,3,10-11H2,1-2H3/b14-12+. The van der Waals surface area contributed by atoms with Crippen LogP contribution in [0.1, 0.15) is 35.3 Å². The topological polar surface area (TPSA) is 44.8 Å². The molecular formula is C20H20O4. The van der Waals surface area contributed by atoms with Crippen LogP contribution in [0.4, 0.5) is 0 Å². The largest absolute Gasteiger partial charge is 0.486 e. The molecule has 4 nitrogen and oxygen atoms in total. The van der Waals surface area contributed by atoms with Crippen molar-refractivity contribution in [2.24, 2.45) is 0 Å². The Labute approximate surface area is 141 Å². The molecule has 0 spiro atoms. The minimum Gasteiger partial charge on any atom is -0.486 e. The number of ether oxygens (including phenoxy) is 3. The van der Waals surface area contributed by atoms with Gasteiger partial charge in [-0.3, -0.25) is 0 Å². The highest BCUT2D eigenvalue weighted by molar-refractivity contribution is 5.90. The van der Waals surface area contributed by atoms with Gasteiger partial charge in [0.25, 0.3) is 0 Å². The van der Waals surface area contributed by atoms with Crippen LogP contribution in [-0.2, 0) is 4.74 Å². The van der Waals surface area contributed by atoms with Gasteiger partial charge in [-0.05, 0) is 54.8 Å². The van der Waals surface area contributed by atoms with Gasteiger partial charge in [-0.25, -0.2) is 4.79 Å². The van der Waals surface area contributed by atoms with Gasteiger partial charge in [0.1, 0.15) is 13.2 Å². The van der Waals surface area contributed by atoms with Gasteiger partial charge >= 0.3 is 5.97 Å². The number of hydrogen-bond acceptors (Lipinski definition) is 4. The number of carbonyl (C=O) groups is 1. The van der Waals surface area contributed by atoms with Crippen molar-refractivity contribution < 1.29 is 19.0 Å². The van der Waals surface area contributed by atoms with E-state index in [-0.39, 0.29) is 5.97 Å². The molecule has 0 N–H and O–H groups in total. The van der Waals surface area contributed by atoms with E-state index in [0.717, 1.165) is 28.2 Å². The highest BCUT2D eigenvalue weighted by Crippen LogP contribution is 2.33. The number of allylic oxidation sites excluding steroid dienone is 1. The second-order valence-corrected chi connectivity index (χ2v) is 5.53. The molecule has 3 rings (SSSR count). The van der Waals surface area contributed by atoms with Gasteiger partial charge < -0.3 is 14.2 Å². The Bertz CT molecular complexity index is 760. The first kappa shape index (κ1) is 16.1. The maximum atomic E-state index is 11.7. The van der Waals surface area contributed by atoms with Crippen LogP contribution in [0.2, 0.25) is 0 Å². The fraction of sp³-hybridized carbons (Fsp3) is 0.250. The molecule has 1 heterocycles. The first-order valence-electron chi connectivity index (χ1n) is 8.03. The summed E-state index contributed by atoms with van der Waals surface area (Å²) in [6.45, 7) is 5.39. The second kappa shape index (κ2) is 7.21. The molecule has 2 aromatic rings. The third-order valence-corrected chi connectivity index (χ3v) is 3.80. The van der Waals surface area contributed by atoms with Crippen LogP contribution in [0, 0.1) is 0 Å². The molecule has 0 unspecified atom stereocenters. The predicted octanol–water partition coefficient (Wildman–Crippen LogP) is 4.20. The predicted molar refractivity (Wildman–Crippen MR) is 93.4 cm³/mol. The van der Waals surface area contributed by atoms with E-state index < -0.39 is 0 Å². The molecule has 24 heavy (non-hydrogen) atoms. The highest BCUT2D eigenvalue weighted by atomic mass is 16.6. The number of rotatable bonds is 4. The van der Waals surface area contributed by atoms with E-state index in [1.54, 1.807) is 19.1 Å². The number of benzene rings is 2. The van der Waals surface area contributed by atoms with E-state index in [1.165, 1.54) is 0 Å². The Kier molecular flexibility index (Phi) is 4.85. The van der Waals surface area contributed by atoms with Gasteiger partial charge in [0.05, 0.1) is 12.2 Å². The van der Waals surface area contributed by atoms with E-state index >= 15 is 0 Å². The first-order chi connectivity index (χ1) is 11.7. The molecule has 124 valence electrons. The molecule has 1 aliphatic rings. The van der Waals surface area contributed by atoms with Crippen LogP contribution < -0.4 is 9.47 Å². The molecule has 0 saturated carbocycles. The average molecular weight is 324 g/mol. The summed E-state index contributed by atoms with van der Waals surface area (Å²) < 4.78 is 16.2. The molecule has 0 fully saturated rings. The van der Waals surface area contributed by atoms with Crippen molar-refractivity contribution in [1.82, 2.24) is 0 Å². The van der Waals surface area contributed by atoms with Gasteiger partial charge in [0.2, 0.25) is 0 Å². The van der Waals surface area contributed by atoms with E-state index in [9.17, 15) is 4.79 Å². The summed E-state index contributed by atoms with van der Waals surface area (Å²) in [4.78, 5) is 11.7. The smallest absolute Gasteiger partial charge is 0.338 e. The van der Waals surface area contributed by atoms with E-state index in [1.807, 2.05) is 37.3 Å². The summed E-state index contributed by atoms with van der Waals surface area (Å²) in [5, 5.41) is 0. The molecule has 0 aliphatic carbocycles. The SMILES string of the molecule is CCOC(=O)c1ccc(/C=C(\C)c2ccc3c(c2)OCCO3)cc1. The van der Waals surface area contributed by atoms with Crippen molar-refractivity contribution in [3.05, 3.63) is 59.2 Å². The lowest BCUT2D eigenvalue weighted by molar-refractivity contribution is 0.0526. The summed E-state index contributed by atoms with van der Waals surface area (Å²) in [5.41, 5.74) is 3.77. The number of fused-ring (bicyclic) bond motifs is 1. The van der Waals surface area contributed by atoms with Gasteiger partial charge in [-0.15, -0.1) is 0 Å². The fourth-order valence-electron chi connectivity index (χ4n) is 2.55. The fourth-order valence-corrected chi connectivity index (χ4v) is 2.55. The maximum absolute atomic E-state index is 11.7. The lowest BCUT2D eigenvalue weighted by atomic mass is 10.0. The van der Waals surface area contributed by atoms with Crippen LogP contribution in [0.5, 0.6) is 11.5 Å². The van der Waals surface area contributed by atoms with Crippen molar-refractivity contribution in [2.75, 3.05) is 19.8 Å². The monoisotopic (exact) mass is 324 g/mol. The third-order valence-electron chi connectivity index (χ3n) is 3.80. The highest BCUT2D eigenvalue weighted by Gasteiger charge is 2.12. The summed E-state index contributed by atoms with van der Waals surface area (Å²) >= 11 is 0. The zero-order chi connectivity index (χ0) is 16.9. The lowest BCUT2D eigenvalue weighted by Gasteiger charge is -2.19. The van der Waals surface area contributed by atoms with Gasteiger partial charge in [0.15, 0.2) is 11.5 Å². The molecule has 0 aromatic heterocycles. The number of hydrogen-bond donors (Lipinski definition) is 0. The Morgan fingerprint density at radius 3 is 2.42 bits per heavy atom. The summed E-state index contributed by atoms with van der Waals surface area (Å²) in [5.74, 6) is 1.28. The first-order valence-corrected chi connectivity index (χ1v) is 8.03. The van der Waals surface area contributed by atoms with Crippen molar-refractivity contribution in [2.45, 2.75) is 13.8 Å². The van der Waals surface area contributed by atoms with Crippen molar-refractivity contribution >= 4 is 17.6 Å². The molecule has 2 aromatic carbocycles. The van der Waals surface area contributed by atoms with Crippen molar-refractivity contribution in [1.29, 1.82) is 0 Å². The number of esters is 1. The molecule has 0 amide bonds. The third kappa shape index (κ3) is 3.59. The maximum Gasteiger partial charge on any atom is 0.338 e.